The molecule has 1 aromatic heterocycles. The van der Waals surface area contributed by atoms with Gasteiger partial charge in [0.2, 0.25) is 0 Å². The highest BCUT2D eigenvalue weighted by atomic mass is 16.1. The average molecular weight is 195 g/mol. The number of carbonyl (C=O) groups is 1. The number of carbonyl (C=O) groups excluding carboxylic acids is 1. The maximum absolute atomic E-state index is 11.4. The van der Waals surface area contributed by atoms with Gasteiger partial charge in [-0.2, -0.15) is 5.10 Å². The lowest BCUT2D eigenvalue weighted by Gasteiger charge is -2.08. The molecule has 0 unspecified atom stereocenters. The molecule has 0 saturated carbocycles. The SMILES string of the molecule is CCCC(=O)Cc1ncnn1C(C)C. The van der Waals surface area contributed by atoms with Crippen molar-refractivity contribution in [2.24, 2.45) is 0 Å². The van der Waals surface area contributed by atoms with Crippen LogP contribution in [0.4, 0.5) is 0 Å². The summed E-state index contributed by atoms with van der Waals surface area (Å²) >= 11 is 0. The second kappa shape index (κ2) is 4.88. The van der Waals surface area contributed by atoms with Crippen LogP contribution < -0.4 is 0 Å². The van der Waals surface area contributed by atoms with Crippen molar-refractivity contribution in [3.8, 4) is 0 Å². The van der Waals surface area contributed by atoms with Crippen molar-refractivity contribution < 1.29 is 4.79 Å². The van der Waals surface area contributed by atoms with Crippen molar-refractivity contribution >= 4 is 5.78 Å². The third-order valence-electron chi connectivity index (χ3n) is 2.02. The molecule has 0 fully saturated rings. The molecule has 1 heterocycles. The minimum Gasteiger partial charge on any atom is -0.299 e. The molecule has 0 radical (unpaired) electrons. The summed E-state index contributed by atoms with van der Waals surface area (Å²) in [6, 6.07) is 0.266. The maximum Gasteiger partial charge on any atom is 0.140 e. The van der Waals surface area contributed by atoms with E-state index in [2.05, 4.69) is 10.1 Å². The van der Waals surface area contributed by atoms with Crippen LogP contribution in [0.3, 0.4) is 0 Å². The van der Waals surface area contributed by atoms with E-state index in [1.165, 1.54) is 6.33 Å². The third kappa shape index (κ3) is 2.65. The van der Waals surface area contributed by atoms with Crippen LogP contribution in [0.2, 0.25) is 0 Å². The summed E-state index contributed by atoms with van der Waals surface area (Å²) in [5, 5.41) is 4.08. The second-order valence-electron chi connectivity index (χ2n) is 3.68. The Morgan fingerprint density at radius 3 is 2.86 bits per heavy atom. The second-order valence-corrected chi connectivity index (χ2v) is 3.68. The molecule has 0 saturated heterocycles. The van der Waals surface area contributed by atoms with Crippen LogP contribution >= 0.6 is 0 Å². The van der Waals surface area contributed by atoms with Crippen molar-refractivity contribution in [2.45, 2.75) is 46.1 Å². The summed E-state index contributed by atoms with van der Waals surface area (Å²) in [5.74, 6) is 1.01. The summed E-state index contributed by atoms with van der Waals surface area (Å²) in [7, 11) is 0. The fourth-order valence-corrected chi connectivity index (χ4v) is 1.38. The molecule has 0 atom stereocenters. The molecular formula is C10H17N3O. The number of nitrogens with zero attached hydrogens (tertiary/aromatic N) is 3. The van der Waals surface area contributed by atoms with Crippen molar-refractivity contribution in [1.29, 1.82) is 0 Å². The molecule has 0 bridgehead atoms. The molecular weight excluding hydrogens is 178 g/mol. The quantitative estimate of drug-likeness (QED) is 0.719. The standard InChI is InChI=1S/C10H17N3O/c1-4-5-9(14)6-10-11-7-12-13(10)8(2)3/h7-8H,4-6H2,1-3H3. The summed E-state index contributed by atoms with van der Waals surface area (Å²) in [4.78, 5) is 15.5. The van der Waals surface area contributed by atoms with Gasteiger partial charge in [0.15, 0.2) is 0 Å². The normalized spacial score (nSPS) is 10.9. The lowest BCUT2D eigenvalue weighted by molar-refractivity contribution is -0.118. The van der Waals surface area contributed by atoms with Crippen LogP contribution in [0.5, 0.6) is 0 Å². The molecule has 4 heteroatoms. The van der Waals surface area contributed by atoms with E-state index in [0.717, 1.165) is 12.2 Å². The molecule has 0 aliphatic heterocycles. The lowest BCUT2D eigenvalue weighted by Crippen LogP contribution is -2.12. The number of hydrogen-bond donors (Lipinski definition) is 0. The molecule has 78 valence electrons. The van der Waals surface area contributed by atoms with Crippen LogP contribution in [0, 0.1) is 0 Å². The predicted octanol–water partition coefficient (Wildman–Crippen LogP) is 1.77. The summed E-state index contributed by atoms with van der Waals surface area (Å²) < 4.78 is 1.80. The lowest BCUT2D eigenvalue weighted by atomic mass is 10.2. The van der Waals surface area contributed by atoms with Crippen LogP contribution in [-0.2, 0) is 11.2 Å². The third-order valence-corrected chi connectivity index (χ3v) is 2.02. The summed E-state index contributed by atoms with van der Waals surface area (Å²) in [5.41, 5.74) is 0. The zero-order valence-electron chi connectivity index (χ0n) is 9.03. The zero-order valence-corrected chi connectivity index (χ0v) is 9.03. The first-order valence-corrected chi connectivity index (χ1v) is 5.05. The van der Waals surface area contributed by atoms with Crippen LogP contribution in [0.15, 0.2) is 6.33 Å². The van der Waals surface area contributed by atoms with Crippen molar-refractivity contribution in [3.05, 3.63) is 12.2 Å². The first-order chi connectivity index (χ1) is 6.65. The molecule has 4 nitrogen and oxygen atoms in total. The Morgan fingerprint density at radius 1 is 1.57 bits per heavy atom. The van der Waals surface area contributed by atoms with Crippen LogP contribution in [0.1, 0.15) is 45.5 Å². The van der Waals surface area contributed by atoms with E-state index in [9.17, 15) is 4.79 Å². The van der Waals surface area contributed by atoms with Gasteiger partial charge < -0.3 is 0 Å². The van der Waals surface area contributed by atoms with E-state index in [1.807, 2.05) is 20.8 Å². The number of aromatic nitrogens is 3. The fourth-order valence-electron chi connectivity index (χ4n) is 1.38. The van der Waals surface area contributed by atoms with E-state index in [-0.39, 0.29) is 11.8 Å². The molecule has 0 amide bonds. The van der Waals surface area contributed by atoms with Gasteiger partial charge in [0.05, 0.1) is 6.42 Å². The van der Waals surface area contributed by atoms with E-state index >= 15 is 0 Å². The Bertz CT molecular complexity index is 304. The molecule has 0 aliphatic carbocycles. The molecule has 0 N–H and O–H groups in total. The van der Waals surface area contributed by atoms with Gasteiger partial charge in [-0.1, -0.05) is 6.92 Å². The van der Waals surface area contributed by atoms with Crippen LogP contribution in [0.25, 0.3) is 0 Å². The zero-order chi connectivity index (χ0) is 10.6. The van der Waals surface area contributed by atoms with E-state index in [4.69, 9.17) is 0 Å². The molecule has 14 heavy (non-hydrogen) atoms. The number of rotatable bonds is 5. The first kappa shape index (κ1) is 10.9. The highest BCUT2D eigenvalue weighted by molar-refractivity contribution is 5.80. The van der Waals surface area contributed by atoms with Gasteiger partial charge in [0.25, 0.3) is 0 Å². The Morgan fingerprint density at radius 2 is 2.29 bits per heavy atom. The van der Waals surface area contributed by atoms with Gasteiger partial charge in [-0.15, -0.1) is 0 Å². The molecule has 1 aromatic rings. The Kier molecular flexibility index (Phi) is 3.80. The molecule has 1 rings (SSSR count). The minimum atomic E-state index is 0.238. The highest BCUT2D eigenvalue weighted by Gasteiger charge is 2.11. The first-order valence-electron chi connectivity index (χ1n) is 5.05. The number of hydrogen-bond acceptors (Lipinski definition) is 3. The molecule has 0 aromatic carbocycles. The topological polar surface area (TPSA) is 47.8 Å². The maximum atomic E-state index is 11.4. The highest BCUT2D eigenvalue weighted by Crippen LogP contribution is 2.07. The van der Waals surface area contributed by atoms with Crippen LogP contribution in [-0.4, -0.2) is 20.5 Å². The van der Waals surface area contributed by atoms with E-state index < -0.39 is 0 Å². The Balaban J connectivity index is 2.66. The van der Waals surface area contributed by atoms with Crippen molar-refractivity contribution in [3.63, 3.8) is 0 Å². The Hall–Kier alpha value is -1.19. The number of Topliss-reactive ketones (excluding diaryl/α,β-unsaturated/α-hetero) is 1. The fraction of sp³-hybridized carbons (Fsp3) is 0.700. The monoisotopic (exact) mass is 195 g/mol. The average Bonchev–Trinajstić information content (AvgIpc) is 2.52. The van der Waals surface area contributed by atoms with E-state index in [0.29, 0.717) is 12.8 Å². The van der Waals surface area contributed by atoms with Gasteiger partial charge in [0.1, 0.15) is 17.9 Å². The van der Waals surface area contributed by atoms with E-state index in [1.54, 1.807) is 4.68 Å². The summed E-state index contributed by atoms with van der Waals surface area (Å²) in [6.45, 7) is 6.07. The van der Waals surface area contributed by atoms with Gasteiger partial charge >= 0.3 is 0 Å². The van der Waals surface area contributed by atoms with Gasteiger partial charge in [0, 0.05) is 12.5 Å². The van der Waals surface area contributed by atoms with Gasteiger partial charge in [-0.25, -0.2) is 9.67 Å². The molecule has 0 aliphatic rings. The van der Waals surface area contributed by atoms with Gasteiger partial charge in [-0.05, 0) is 20.3 Å². The molecule has 0 spiro atoms. The minimum absolute atomic E-state index is 0.238. The summed E-state index contributed by atoms with van der Waals surface area (Å²) in [6.07, 6.45) is 3.44. The van der Waals surface area contributed by atoms with Crippen molar-refractivity contribution in [1.82, 2.24) is 14.8 Å². The van der Waals surface area contributed by atoms with Crippen molar-refractivity contribution in [2.75, 3.05) is 0 Å². The number of ketones is 1. The van der Waals surface area contributed by atoms with Gasteiger partial charge in [-0.3, -0.25) is 4.79 Å². The Labute approximate surface area is 84.3 Å². The smallest absolute Gasteiger partial charge is 0.140 e. The predicted molar refractivity (Wildman–Crippen MR) is 54.0 cm³/mol. The largest absolute Gasteiger partial charge is 0.299 e.